The second kappa shape index (κ2) is 5.85. The van der Waals surface area contributed by atoms with Crippen molar-refractivity contribution in [3.8, 4) is 0 Å². The molecule has 12 heteroatoms. The molecule has 21 heavy (non-hydrogen) atoms. The zero-order valence-corrected chi connectivity index (χ0v) is 11.3. The molecule has 0 radical (unpaired) electrons. The summed E-state index contributed by atoms with van der Waals surface area (Å²) in [7, 11) is 0. The van der Waals surface area contributed by atoms with Crippen LogP contribution in [0.3, 0.4) is 0 Å². The zero-order chi connectivity index (χ0) is 15.4. The Hall–Kier alpha value is -3.18. The Kier molecular flexibility index (Phi) is 3.97. The highest BCUT2D eigenvalue weighted by Crippen LogP contribution is 2.07. The van der Waals surface area contributed by atoms with E-state index < -0.39 is 0 Å². The average Bonchev–Trinajstić information content (AvgIpc) is 2.34. The molecule has 0 saturated heterocycles. The summed E-state index contributed by atoms with van der Waals surface area (Å²) in [5.74, 6) is 0.742. The third-order valence-electron chi connectivity index (χ3n) is 2.28. The molecule has 10 N–H and O–H groups in total. The van der Waals surface area contributed by atoms with E-state index in [0.717, 1.165) is 0 Å². The fourth-order valence-electron chi connectivity index (χ4n) is 1.48. The number of aromatic nitrogens is 6. The first kappa shape index (κ1) is 14.2. The van der Waals surface area contributed by atoms with Crippen molar-refractivity contribution >= 4 is 35.7 Å². The molecule has 0 fully saturated rings. The minimum Gasteiger partial charge on any atom is -0.368 e. The van der Waals surface area contributed by atoms with E-state index in [-0.39, 0.29) is 41.7 Å². The van der Waals surface area contributed by atoms with Crippen molar-refractivity contribution in [1.82, 2.24) is 29.9 Å². The fraction of sp³-hybridized carbons (Fsp3) is 0.333. The Morgan fingerprint density at radius 3 is 1.67 bits per heavy atom. The Morgan fingerprint density at radius 2 is 1.19 bits per heavy atom. The summed E-state index contributed by atoms with van der Waals surface area (Å²) in [5, 5.41) is 5.96. The lowest BCUT2D eigenvalue weighted by Crippen LogP contribution is -2.27. The van der Waals surface area contributed by atoms with Gasteiger partial charge in [0, 0.05) is 12.6 Å². The van der Waals surface area contributed by atoms with Crippen molar-refractivity contribution in [2.45, 2.75) is 13.0 Å². The maximum atomic E-state index is 5.48. The summed E-state index contributed by atoms with van der Waals surface area (Å²) < 4.78 is 0. The van der Waals surface area contributed by atoms with E-state index in [0.29, 0.717) is 6.54 Å². The van der Waals surface area contributed by atoms with Crippen molar-refractivity contribution in [3.63, 3.8) is 0 Å². The van der Waals surface area contributed by atoms with Crippen LogP contribution < -0.4 is 33.6 Å². The van der Waals surface area contributed by atoms with Gasteiger partial charge in [0.25, 0.3) is 0 Å². The molecule has 1 atom stereocenters. The second-order valence-corrected chi connectivity index (χ2v) is 4.18. The van der Waals surface area contributed by atoms with Gasteiger partial charge in [0.2, 0.25) is 35.7 Å². The van der Waals surface area contributed by atoms with Gasteiger partial charge in [0.05, 0.1) is 0 Å². The topological polar surface area (TPSA) is 205 Å². The van der Waals surface area contributed by atoms with E-state index in [1.807, 2.05) is 6.92 Å². The molecule has 0 saturated carbocycles. The van der Waals surface area contributed by atoms with Crippen LogP contribution in [-0.4, -0.2) is 42.5 Å². The van der Waals surface area contributed by atoms with Crippen molar-refractivity contribution in [2.24, 2.45) is 0 Å². The van der Waals surface area contributed by atoms with Gasteiger partial charge in [-0.2, -0.15) is 29.9 Å². The molecule has 0 spiro atoms. The zero-order valence-electron chi connectivity index (χ0n) is 11.3. The number of nitrogens with two attached hydrogens (primary N) is 4. The highest BCUT2D eigenvalue weighted by atomic mass is 15.2. The molecule has 0 bridgehead atoms. The number of nitrogens with one attached hydrogen (secondary N) is 2. The Labute approximate surface area is 119 Å². The number of hydrogen-bond acceptors (Lipinski definition) is 12. The van der Waals surface area contributed by atoms with Crippen LogP contribution in [0.5, 0.6) is 0 Å². The van der Waals surface area contributed by atoms with Crippen LogP contribution in [0.4, 0.5) is 35.7 Å². The molecule has 2 rings (SSSR count). The lowest BCUT2D eigenvalue weighted by Gasteiger charge is -2.14. The van der Waals surface area contributed by atoms with E-state index in [4.69, 9.17) is 22.9 Å². The standard InChI is InChI=1S/C9H16N12/c1-3(15-9-20-6(12)17-7(13)21-9)2-14-8-18-4(10)16-5(11)19-8/h3H,2H2,1H3,(H5,10,11,14,16,18,19)(H5,12,13,15,17,20,21). The summed E-state index contributed by atoms with van der Waals surface area (Å²) in [6, 6.07) is -0.0783. The Morgan fingerprint density at radius 1 is 0.762 bits per heavy atom. The largest absolute Gasteiger partial charge is 0.368 e. The highest BCUT2D eigenvalue weighted by Gasteiger charge is 2.08. The molecule has 0 aliphatic heterocycles. The minimum atomic E-state index is -0.0783. The molecule has 2 heterocycles. The van der Waals surface area contributed by atoms with Crippen LogP contribution in [0.2, 0.25) is 0 Å². The Bertz CT molecular complexity index is 588. The normalized spacial score (nSPS) is 11.9. The van der Waals surface area contributed by atoms with E-state index in [2.05, 4.69) is 40.5 Å². The summed E-state index contributed by atoms with van der Waals surface area (Å²) in [6.07, 6.45) is 0. The maximum absolute atomic E-state index is 5.48. The van der Waals surface area contributed by atoms with Crippen molar-refractivity contribution < 1.29 is 0 Å². The van der Waals surface area contributed by atoms with Crippen LogP contribution in [0.25, 0.3) is 0 Å². The SMILES string of the molecule is CC(CNc1nc(N)nc(N)n1)Nc1nc(N)nc(N)n1. The van der Waals surface area contributed by atoms with Crippen LogP contribution in [0.1, 0.15) is 6.92 Å². The highest BCUT2D eigenvalue weighted by molar-refractivity contribution is 5.39. The van der Waals surface area contributed by atoms with Crippen molar-refractivity contribution in [1.29, 1.82) is 0 Å². The van der Waals surface area contributed by atoms with Crippen LogP contribution >= 0.6 is 0 Å². The third-order valence-corrected chi connectivity index (χ3v) is 2.28. The Balaban J connectivity index is 1.93. The second-order valence-electron chi connectivity index (χ2n) is 4.18. The van der Waals surface area contributed by atoms with Gasteiger partial charge in [-0.25, -0.2) is 0 Å². The summed E-state index contributed by atoms with van der Waals surface area (Å²) >= 11 is 0. The number of nitrogens with zero attached hydrogens (tertiary/aromatic N) is 6. The molecule has 0 aliphatic rings. The monoisotopic (exact) mass is 292 g/mol. The molecule has 0 aromatic carbocycles. The molecule has 112 valence electrons. The molecular formula is C9H16N12. The number of anilines is 6. The summed E-state index contributed by atoms with van der Waals surface area (Å²) in [5.41, 5.74) is 21.9. The van der Waals surface area contributed by atoms with Gasteiger partial charge >= 0.3 is 0 Å². The number of rotatable bonds is 5. The van der Waals surface area contributed by atoms with Gasteiger partial charge in [0.15, 0.2) is 0 Å². The van der Waals surface area contributed by atoms with E-state index >= 15 is 0 Å². The molecule has 0 aliphatic carbocycles. The first-order valence-corrected chi connectivity index (χ1v) is 5.97. The average molecular weight is 292 g/mol. The molecular weight excluding hydrogens is 276 g/mol. The lowest BCUT2D eigenvalue weighted by molar-refractivity contribution is 0.808. The first-order valence-electron chi connectivity index (χ1n) is 5.97. The maximum Gasteiger partial charge on any atom is 0.229 e. The molecule has 12 nitrogen and oxygen atoms in total. The summed E-state index contributed by atoms with van der Waals surface area (Å²) in [6.45, 7) is 2.34. The van der Waals surface area contributed by atoms with E-state index in [1.54, 1.807) is 0 Å². The van der Waals surface area contributed by atoms with Crippen LogP contribution in [-0.2, 0) is 0 Å². The molecule has 1 unspecified atom stereocenters. The van der Waals surface area contributed by atoms with Gasteiger partial charge in [0.1, 0.15) is 0 Å². The smallest absolute Gasteiger partial charge is 0.229 e. The van der Waals surface area contributed by atoms with Gasteiger partial charge in [-0.3, -0.25) is 0 Å². The van der Waals surface area contributed by atoms with Crippen LogP contribution in [0, 0.1) is 0 Å². The minimum absolute atomic E-state index is 0.0446. The number of nitrogen functional groups attached to an aromatic ring is 4. The number of hydrogen-bond donors (Lipinski definition) is 6. The van der Waals surface area contributed by atoms with Gasteiger partial charge < -0.3 is 33.6 Å². The predicted molar refractivity (Wildman–Crippen MR) is 78.9 cm³/mol. The van der Waals surface area contributed by atoms with Gasteiger partial charge in [-0.05, 0) is 6.92 Å². The van der Waals surface area contributed by atoms with Gasteiger partial charge in [-0.15, -0.1) is 0 Å². The third kappa shape index (κ3) is 4.15. The van der Waals surface area contributed by atoms with Crippen LogP contribution in [0.15, 0.2) is 0 Å². The molecule has 2 aromatic heterocycles. The van der Waals surface area contributed by atoms with E-state index in [1.165, 1.54) is 0 Å². The first-order chi connectivity index (χ1) is 9.92. The quantitative estimate of drug-likeness (QED) is 0.364. The lowest BCUT2D eigenvalue weighted by atomic mass is 10.3. The van der Waals surface area contributed by atoms with Crippen molar-refractivity contribution in [2.75, 3.05) is 40.1 Å². The van der Waals surface area contributed by atoms with E-state index in [9.17, 15) is 0 Å². The molecule has 2 aromatic rings. The molecule has 0 amide bonds. The fourth-order valence-corrected chi connectivity index (χ4v) is 1.48. The predicted octanol–water partition coefficient (Wildman–Crippen LogP) is -1.70. The van der Waals surface area contributed by atoms with Gasteiger partial charge in [-0.1, -0.05) is 0 Å². The summed E-state index contributed by atoms with van der Waals surface area (Å²) in [4.78, 5) is 23.0. The van der Waals surface area contributed by atoms with Crippen molar-refractivity contribution in [3.05, 3.63) is 0 Å².